The topological polar surface area (TPSA) is 88.4 Å². The zero-order chi connectivity index (χ0) is 24.3. The molecule has 3 N–H and O–H groups in total. The minimum absolute atomic E-state index is 0.589. The maximum absolute atomic E-state index is 5.70. The Morgan fingerprint density at radius 1 is 1.06 bits per heavy atom. The molecule has 2 aliphatic rings. The van der Waals surface area contributed by atoms with Crippen LogP contribution in [0.5, 0.6) is 5.75 Å². The molecule has 2 fully saturated rings. The summed E-state index contributed by atoms with van der Waals surface area (Å²) in [6, 6.07) is 14.3. The standard InChI is InChI=1S/C28H33N7O/c1-36-25-14-20(5-8-22(25)24-4-2-3-11-30-24)17-32-27-15-26(31-16-19-9-12-29-13-10-19)34-28-23(21-6-7-21)18-33-35(27)28/h2-5,8,11,14-15,18-19,21,29,32H,6-7,9-10,12-13,16-17H2,1H3,(H,31,34). The minimum Gasteiger partial charge on any atom is -0.496 e. The largest absolute Gasteiger partial charge is 0.496 e. The van der Waals surface area contributed by atoms with Crippen molar-refractivity contribution in [1.29, 1.82) is 0 Å². The van der Waals surface area contributed by atoms with Gasteiger partial charge in [-0.25, -0.2) is 4.98 Å². The van der Waals surface area contributed by atoms with E-state index in [2.05, 4.69) is 45.2 Å². The van der Waals surface area contributed by atoms with Gasteiger partial charge in [-0.15, -0.1) is 0 Å². The summed E-state index contributed by atoms with van der Waals surface area (Å²) in [5, 5.41) is 15.4. The zero-order valence-electron chi connectivity index (χ0n) is 20.7. The Morgan fingerprint density at radius 2 is 1.94 bits per heavy atom. The quantitative estimate of drug-likeness (QED) is 0.318. The summed E-state index contributed by atoms with van der Waals surface area (Å²) in [6.45, 7) is 3.79. The van der Waals surface area contributed by atoms with Gasteiger partial charge in [-0.2, -0.15) is 9.61 Å². The van der Waals surface area contributed by atoms with Crippen molar-refractivity contribution in [2.45, 2.75) is 38.1 Å². The van der Waals surface area contributed by atoms with Gasteiger partial charge in [0.1, 0.15) is 17.4 Å². The fraction of sp³-hybridized carbons (Fsp3) is 0.393. The van der Waals surface area contributed by atoms with E-state index in [1.807, 2.05) is 28.9 Å². The van der Waals surface area contributed by atoms with Gasteiger partial charge in [0.2, 0.25) is 0 Å². The van der Waals surface area contributed by atoms with E-state index in [1.54, 1.807) is 13.3 Å². The highest BCUT2D eigenvalue weighted by Crippen LogP contribution is 2.42. The van der Waals surface area contributed by atoms with Crippen LogP contribution < -0.4 is 20.7 Å². The lowest BCUT2D eigenvalue weighted by Gasteiger charge is -2.23. The van der Waals surface area contributed by atoms with Crippen molar-refractivity contribution < 1.29 is 4.74 Å². The molecule has 1 saturated heterocycles. The Labute approximate surface area is 211 Å². The minimum atomic E-state index is 0.589. The van der Waals surface area contributed by atoms with E-state index in [0.29, 0.717) is 18.4 Å². The lowest BCUT2D eigenvalue weighted by atomic mass is 9.98. The highest BCUT2D eigenvalue weighted by atomic mass is 16.5. The van der Waals surface area contributed by atoms with Crippen LogP contribution in [0.1, 0.15) is 42.7 Å². The third-order valence-electron chi connectivity index (χ3n) is 7.23. The maximum atomic E-state index is 5.70. The monoisotopic (exact) mass is 483 g/mol. The van der Waals surface area contributed by atoms with E-state index >= 15 is 0 Å². The number of nitrogens with zero attached hydrogens (tertiary/aromatic N) is 4. The average Bonchev–Trinajstić information content (AvgIpc) is 3.70. The van der Waals surface area contributed by atoms with Crippen LogP contribution in [-0.2, 0) is 6.54 Å². The van der Waals surface area contributed by atoms with Crippen LogP contribution in [-0.4, -0.2) is 46.3 Å². The molecule has 0 atom stereocenters. The van der Waals surface area contributed by atoms with E-state index in [4.69, 9.17) is 14.8 Å². The number of piperidine rings is 1. The average molecular weight is 484 g/mol. The first-order valence-electron chi connectivity index (χ1n) is 12.9. The number of fused-ring (bicyclic) bond motifs is 1. The van der Waals surface area contributed by atoms with Crippen molar-refractivity contribution in [3.05, 3.63) is 66.0 Å². The summed E-state index contributed by atoms with van der Waals surface area (Å²) in [5.41, 5.74) is 5.22. The molecule has 8 nitrogen and oxygen atoms in total. The molecule has 0 amide bonds. The molecule has 1 aromatic carbocycles. The van der Waals surface area contributed by atoms with Crippen molar-refractivity contribution in [2.24, 2.45) is 5.92 Å². The molecule has 0 bridgehead atoms. The van der Waals surface area contributed by atoms with Gasteiger partial charge in [-0.05, 0) is 80.4 Å². The van der Waals surface area contributed by atoms with E-state index in [-0.39, 0.29) is 0 Å². The third-order valence-corrected chi connectivity index (χ3v) is 7.23. The summed E-state index contributed by atoms with van der Waals surface area (Å²) < 4.78 is 7.65. The van der Waals surface area contributed by atoms with Crippen LogP contribution in [0.15, 0.2) is 54.9 Å². The first-order valence-corrected chi connectivity index (χ1v) is 12.9. The van der Waals surface area contributed by atoms with Crippen molar-refractivity contribution in [1.82, 2.24) is 24.9 Å². The molecule has 1 saturated carbocycles. The highest BCUT2D eigenvalue weighted by molar-refractivity contribution is 5.68. The van der Waals surface area contributed by atoms with Gasteiger partial charge in [0, 0.05) is 36.5 Å². The highest BCUT2D eigenvalue weighted by Gasteiger charge is 2.28. The van der Waals surface area contributed by atoms with Crippen LogP contribution in [0.4, 0.5) is 11.6 Å². The Bertz CT molecular complexity index is 1330. The molecule has 0 radical (unpaired) electrons. The van der Waals surface area contributed by atoms with Crippen LogP contribution in [0.3, 0.4) is 0 Å². The Kier molecular flexibility index (Phi) is 6.42. The molecular formula is C28H33N7O. The third kappa shape index (κ3) is 4.86. The SMILES string of the molecule is COc1cc(CNc2cc(NCC3CCNCC3)nc3c(C4CC4)cnn23)ccc1-c1ccccn1. The van der Waals surface area contributed by atoms with E-state index < -0.39 is 0 Å². The molecule has 0 spiro atoms. The van der Waals surface area contributed by atoms with Crippen LogP contribution >= 0.6 is 0 Å². The van der Waals surface area contributed by atoms with Crippen molar-refractivity contribution in [2.75, 3.05) is 37.4 Å². The molecule has 3 aromatic heterocycles. The maximum Gasteiger partial charge on any atom is 0.163 e. The molecule has 8 heteroatoms. The van der Waals surface area contributed by atoms with Gasteiger partial charge in [-0.3, -0.25) is 4.98 Å². The Morgan fingerprint density at radius 3 is 2.72 bits per heavy atom. The number of ether oxygens (including phenoxy) is 1. The predicted molar refractivity (Wildman–Crippen MR) is 143 cm³/mol. The number of hydrogen-bond acceptors (Lipinski definition) is 7. The number of methoxy groups -OCH3 is 1. The van der Waals surface area contributed by atoms with E-state index in [9.17, 15) is 0 Å². The molecule has 4 aromatic rings. The van der Waals surface area contributed by atoms with Crippen LogP contribution in [0.2, 0.25) is 0 Å². The number of pyridine rings is 1. The van der Waals surface area contributed by atoms with Crippen LogP contribution in [0, 0.1) is 5.92 Å². The molecule has 1 aliphatic heterocycles. The molecular weight excluding hydrogens is 450 g/mol. The van der Waals surface area contributed by atoms with Gasteiger partial charge in [-0.1, -0.05) is 12.1 Å². The molecule has 4 heterocycles. The Hall–Kier alpha value is -3.65. The number of rotatable bonds is 9. The summed E-state index contributed by atoms with van der Waals surface area (Å²) >= 11 is 0. The van der Waals surface area contributed by atoms with Gasteiger partial charge in [0.05, 0.1) is 19.0 Å². The molecule has 6 rings (SSSR count). The summed E-state index contributed by atoms with van der Waals surface area (Å²) in [6.07, 6.45) is 8.65. The lowest BCUT2D eigenvalue weighted by molar-refractivity contribution is 0.389. The number of aromatic nitrogens is 4. The zero-order valence-corrected chi connectivity index (χ0v) is 20.7. The second-order valence-electron chi connectivity index (χ2n) is 9.81. The fourth-order valence-electron chi connectivity index (χ4n) is 4.99. The molecule has 1 aliphatic carbocycles. The second-order valence-corrected chi connectivity index (χ2v) is 9.81. The number of nitrogens with one attached hydrogen (secondary N) is 3. The molecule has 186 valence electrons. The first-order chi connectivity index (χ1) is 17.8. The number of hydrogen-bond donors (Lipinski definition) is 3. The van der Waals surface area contributed by atoms with E-state index in [1.165, 1.54) is 31.2 Å². The van der Waals surface area contributed by atoms with E-state index in [0.717, 1.165) is 59.5 Å². The number of benzene rings is 1. The Balaban J connectivity index is 1.24. The van der Waals surface area contributed by atoms with Crippen LogP contribution in [0.25, 0.3) is 16.9 Å². The van der Waals surface area contributed by atoms with Crippen molar-refractivity contribution in [3.63, 3.8) is 0 Å². The lowest BCUT2D eigenvalue weighted by Crippen LogP contribution is -2.31. The smallest absolute Gasteiger partial charge is 0.163 e. The normalized spacial score (nSPS) is 16.2. The fourth-order valence-corrected chi connectivity index (χ4v) is 4.99. The van der Waals surface area contributed by atoms with Crippen molar-refractivity contribution in [3.8, 4) is 17.0 Å². The van der Waals surface area contributed by atoms with Crippen molar-refractivity contribution >= 4 is 17.3 Å². The first kappa shape index (κ1) is 22.8. The summed E-state index contributed by atoms with van der Waals surface area (Å²) in [4.78, 5) is 9.45. The van der Waals surface area contributed by atoms with Gasteiger partial charge < -0.3 is 20.7 Å². The summed E-state index contributed by atoms with van der Waals surface area (Å²) in [5.74, 6) is 3.93. The summed E-state index contributed by atoms with van der Waals surface area (Å²) in [7, 11) is 1.70. The number of anilines is 2. The van der Waals surface area contributed by atoms with Gasteiger partial charge in [0.25, 0.3) is 0 Å². The van der Waals surface area contributed by atoms with Gasteiger partial charge in [0.15, 0.2) is 5.65 Å². The second kappa shape index (κ2) is 10.1. The molecule has 36 heavy (non-hydrogen) atoms. The predicted octanol–water partition coefficient (Wildman–Crippen LogP) is 4.70. The van der Waals surface area contributed by atoms with Gasteiger partial charge >= 0.3 is 0 Å². The molecule has 0 unspecified atom stereocenters.